The number of pyridine rings is 1. The van der Waals surface area contributed by atoms with Crippen molar-refractivity contribution in [3.8, 4) is 0 Å². The van der Waals surface area contributed by atoms with Gasteiger partial charge in [-0.2, -0.15) is 13.2 Å². The van der Waals surface area contributed by atoms with Crippen LogP contribution in [0.25, 0.3) is 5.65 Å². The van der Waals surface area contributed by atoms with Gasteiger partial charge in [0.25, 0.3) is 0 Å². The minimum absolute atomic E-state index is 0.277. The fraction of sp³-hybridized carbons (Fsp3) is 0.125. The smallest absolute Gasteiger partial charge is 0.276 e. The lowest BCUT2D eigenvalue weighted by Crippen LogP contribution is -2.48. The molecule has 0 aliphatic heterocycles. The molecule has 0 atom stereocenters. The molecular formula is C16H11BrF3N5O2S. The van der Waals surface area contributed by atoms with E-state index in [9.17, 15) is 22.8 Å². The summed E-state index contributed by atoms with van der Waals surface area (Å²) in [6, 6.07) is 11.5. The van der Waals surface area contributed by atoms with Gasteiger partial charge >= 0.3 is 18.0 Å². The minimum atomic E-state index is -5.12. The summed E-state index contributed by atoms with van der Waals surface area (Å²) in [7, 11) is 0. The van der Waals surface area contributed by atoms with Gasteiger partial charge < -0.3 is 0 Å². The molecule has 0 bridgehead atoms. The van der Waals surface area contributed by atoms with Crippen molar-refractivity contribution in [2.45, 2.75) is 16.8 Å². The summed E-state index contributed by atoms with van der Waals surface area (Å²) in [5, 5.41) is 7.52. The van der Waals surface area contributed by atoms with Crippen molar-refractivity contribution in [1.29, 1.82) is 0 Å². The summed E-state index contributed by atoms with van der Waals surface area (Å²) in [5.74, 6) is -2.94. The summed E-state index contributed by atoms with van der Waals surface area (Å²) in [6.45, 7) is 0. The maximum absolute atomic E-state index is 12.2. The van der Waals surface area contributed by atoms with Gasteiger partial charge in [0.2, 0.25) is 5.82 Å². The Bertz CT molecular complexity index is 1030. The van der Waals surface area contributed by atoms with Crippen molar-refractivity contribution in [1.82, 2.24) is 25.4 Å². The first-order valence-corrected chi connectivity index (χ1v) is 9.42. The molecule has 3 aromatic rings. The first kappa shape index (κ1) is 20.1. The number of carbonyl (C=O) groups excluding carboxylic acids is 2. The number of amides is 2. The number of hydrogen-bond acceptors (Lipinski definition) is 5. The quantitative estimate of drug-likeness (QED) is 0.448. The second-order valence-electron chi connectivity index (χ2n) is 5.42. The number of thioether (sulfide) groups is 1. The van der Waals surface area contributed by atoms with E-state index < -0.39 is 18.0 Å². The third-order valence-electron chi connectivity index (χ3n) is 3.43. The largest absolute Gasteiger partial charge is 0.472 e. The first-order valence-electron chi connectivity index (χ1n) is 7.64. The fourth-order valence-electron chi connectivity index (χ4n) is 2.15. The van der Waals surface area contributed by atoms with Crippen molar-refractivity contribution >= 4 is 45.2 Å². The number of fused-ring (bicyclic) bond motifs is 1. The molecule has 12 heteroatoms. The lowest BCUT2D eigenvalue weighted by molar-refractivity contribution is -0.174. The number of carbonyl (C=O) groups is 2. The zero-order valence-electron chi connectivity index (χ0n) is 13.8. The number of hydrazine groups is 1. The molecule has 146 valence electrons. The molecule has 0 aliphatic carbocycles. The van der Waals surface area contributed by atoms with Crippen molar-refractivity contribution < 1.29 is 22.8 Å². The zero-order valence-corrected chi connectivity index (χ0v) is 16.2. The van der Waals surface area contributed by atoms with Gasteiger partial charge in [-0.25, -0.2) is 0 Å². The highest BCUT2D eigenvalue weighted by Crippen LogP contribution is 2.28. The van der Waals surface area contributed by atoms with Crippen LogP contribution in [0, 0.1) is 0 Å². The lowest BCUT2D eigenvalue weighted by Gasteiger charge is -2.09. The van der Waals surface area contributed by atoms with Crippen LogP contribution in [0.1, 0.15) is 16.2 Å². The van der Waals surface area contributed by atoms with E-state index in [4.69, 9.17) is 0 Å². The maximum atomic E-state index is 12.2. The number of alkyl halides is 3. The summed E-state index contributed by atoms with van der Waals surface area (Å²) < 4.78 is 38.5. The number of nitrogens with one attached hydrogen (secondary N) is 2. The SMILES string of the molecule is O=C(NNC(=O)C(F)(F)F)c1nnc2c(Br)cc(SCc3ccccc3)cn12. The van der Waals surface area contributed by atoms with Gasteiger partial charge in [-0.1, -0.05) is 30.3 Å². The molecule has 0 spiro atoms. The van der Waals surface area contributed by atoms with Crippen molar-refractivity contribution in [3.63, 3.8) is 0 Å². The summed E-state index contributed by atoms with van der Waals surface area (Å²) >= 11 is 4.83. The van der Waals surface area contributed by atoms with E-state index >= 15 is 0 Å². The third-order valence-corrected chi connectivity index (χ3v) is 5.05. The Labute approximate surface area is 168 Å². The third kappa shape index (κ3) is 4.62. The normalized spacial score (nSPS) is 11.4. The second kappa shape index (κ2) is 8.19. The van der Waals surface area contributed by atoms with E-state index in [1.165, 1.54) is 21.6 Å². The van der Waals surface area contributed by atoms with Gasteiger partial charge in [-0.05, 0) is 27.6 Å². The van der Waals surface area contributed by atoms with Crippen LogP contribution in [0.3, 0.4) is 0 Å². The van der Waals surface area contributed by atoms with Crippen molar-refractivity contribution in [2.75, 3.05) is 0 Å². The van der Waals surface area contributed by atoms with Crippen LogP contribution in [0.4, 0.5) is 13.2 Å². The standard InChI is InChI=1S/C16H11BrF3N5O2S/c17-11-6-10(28-8-9-4-2-1-3-5-9)7-25-12(11)21-22-13(25)14(26)23-24-15(27)16(18,19)20/h1-7H,8H2,(H,23,26)(H,24,27). The average Bonchev–Trinajstić information content (AvgIpc) is 3.09. The Balaban J connectivity index is 1.79. The number of aromatic nitrogens is 3. The molecular weight excluding hydrogens is 463 g/mol. The molecule has 0 unspecified atom stereocenters. The number of nitrogens with zero attached hydrogens (tertiary/aromatic N) is 3. The Hall–Kier alpha value is -2.60. The van der Waals surface area contributed by atoms with Crippen LogP contribution < -0.4 is 10.9 Å². The van der Waals surface area contributed by atoms with E-state index in [1.807, 2.05) is 30.3 Å². The predicted molar refractivity (Wildman–Crippen MR) is 98.4 cm³/mol. The van der Waals surface area contributed by atoms with Crippen LogP contribution in [0.5, 0.6) is 0 Å². The van der Waals surface area contributed by atoms with Gasteiger partial charge in [-0.3, -0.25) is 24.8 Å². The Morgan fingerprint density at radius 2 is 1.86 bits per heavy atom. The highest BCUT2D eigenvalue weighted by Gasteiger charge is 2.39. The highest BCUT2D eigenvalue weighted by atomic mass is 79.9. The van der Waals surface area contributed by atoms with Gasteiger partial charge in [0.15, 0.2) is 5.65 Å². The van der Waals surface area contributed by atoms with Gasteiger partial charge in [0.05, 0.1) is 4.47 Å². The summed E-state index contributed by atoms with van der Waals surface area (Å²) in [5.41, 5.74) is 4.37. The van der Waals surface area contributed by atoms with Gasteiger partial charge in [0, 0.05) is 16.8 Å². The number of benzene rings is 1. The molecule has 0 saturated carbocycles. The maximum Gasteiger partial charge on any atom is 0.472 e. The van der Waals surface area contributed by atoms with Crippen LogP contribution in [0.15, 0.2) is 52.0 Å². The molecule has 2 amide bonds. The zero-order chi connectivity index (χ0) is 20.3. The van der Waals surface area contributed by atoms with Crippen LogP contribution in [-0.4, -0.2) is 32.6 Å². The van der Waals surface area contributed by atoms with Crippen LogP contribution in [0.2, 0.25) is 0 Å². The first-order chi connectivity index (χ1) is 13.3. The molecule has 3 rings (SSSR count). The van der Waals surface area contributed by atoms with Crippen LogP contribution >= 0.6 is 27.7 Å². The van der Waals surface area contributed by atoms with E-state index in [0.717, 1.165) is 10.5 Å². The molecule has 2 N–H and O–H groups in total. The van der Waals surface area contributed by atoms with E-state index in [2.05, 4.69) is 26.1 Å². The van der Waals surface area contributed by atoms with Gasteiger partial charge in [0.1, 0.15) is 0 Å². The number of halogens is 4. The molecule has 28 heavy (non-hydrogen) atoms. The molecule has 2 aromatic heterocycles. The van der Waals surface area contributed by atoms with Crippen molar-refractivity contribution in [3.05, 3.63) is 58.5 Å². The van der Waals surface area contributed by atoms with E-state index in [1.54, 1.807) is 17.7 Å². The number of hydrogen-bond donors (Lipinski definition) is 2. The number of rotatable bonds is 4. The molecule has 0 fully saturated rings. The topological polar surface area (TPSA) is 88.4 Å². The Morgan fingerprint density at radius 3 is 2.54 bits per heavy atom. The fourth-order valence-corrected chi connectivity index (χ4v) is 3.72. The average molecular weight is 474 g/mol. The molecule has 0 aliphatic rings. The monoisotopic (exact) mass is 473 g/mol. The highest BCUT2D eigenvalue weighted by molar-refractivity contribution is 9.10. The molecule has 0 saturated heterocycles. The summed E-state index contributed by atoms with van der Waals surface area (Å²) in [6.07, 6.45) is -3.53. The van der Waals surface area contributed by atoms with Crippen LogP contribution in [-0.2, 0) is 10.5 Å². The summed E-state index contributed by atoms with van der Waals surface area (Å²) in [4.78, 5) is 23.7. The van der Waals surface area contributed by atoms with Gasteiger partial charge in [-0.15, -0.1) is 22.0 Å². The Morgan fingerprint density at radius 1 is 1.14 bits per heavy atom. The lowest BCUT2D eigenvalue weighted by atomic mass is 10.2. The minimum Gasteiger partial charge on any atom is -0.276 e. The van der Waals surface area contributed by atoms with E-state index in [-0.39, 0.29) is 5.82 Å². The van der Waals surface area contributed by atoms with E-state index in [0.29, 0.717) is 15.9 Å². The molecule has 1 aromatic carbocycles. The molecule has 0 radical (unpaired) electrons. The predicted octanol–water partition coefficient (Wildman–Crippen LogP) is 3.11. The Kier molecular flexibility index (Phi) is 5.89. The molecule has 7 nitrogen and oxygen atoms in total. The van der Waals surface area contributed by atoms with Crippen molar-refractivity contribution in [2.24, 2.45) is 0 Å². The second-order valence-corrected chi connectivity index (χ2v) is 7.32. The molecule has 2 heterocycles.